The predicted octanol–water partition coefficient (Wildman–Crippen LogP) is 1.08. The summed E-state index contributed by atoms with van der Waals surface area (Å²) < 4.78 is 0. The van der Waals surface area contributed by atoms with E-state index in [9.17, 15) is 4.79 Å². The minimum absolute atomic E-state index is 0.159. The van der Waals surface area contributed by atoms with Gasteiger partial charge in [-0.25, -0.2) is 0 Å². The Morgan fingerprint density at radius 2 is 2.30 bits per heavy atom. The molecule has 0 unspecified atom stereocenters. The fourth-order valence-corrected chi connectivity index (χ4v) is 1.15. The van der Waals surface area contributed by atoms with Crippen LogP contribution in [0.25, 0.3) is 0 Å². The Balaban J connectivity index is 2.40. The molecule has 0 aliphatic carbocycles. The molecule has 1 aliphatic rings. The molecule has 0 spiro atoms. The lowest BCUT2D eigenvalue weighted by Crippen LogP contribution is -2.31. The highest BCUT2D eigenvalue weighted by atomic mass is 16.2. The van der Waals surface area contributed by atoms with E-state index in [4.69, 9.17) is 0 Å². The Kier molecular flexibility index (Phi) is 2.30. The van der Waals surface area contributed by atoms with Gasteiger partial charge >= 0.3 is 0 Å². The number of hydrogen-bond acceptors (Lipinski definition) is 1. The van der Waals surface area contributed by atoms with E-state index in [0.717, 1.165) is 19.5 Å². The molecule has 0 aromatic heterocycles. The SMILES string of the molecule is CC(C)C(=O)N1C[CH]CC1. The number of carbonyl (C=O) groups is 1. The molecule has 0 bridgehead atoms. The van der Waals surface area contributed by atoms with Gasteiger partial charge in [-0.15, -0.1) is 0 Å². The van der Waals surface area contributed by atoms with Crippen LogP contribution in [0.15, 0.2) is 0 Å². The Morgan fingerprint density at radius 3 is 2.70 bits per heavy atom. The molecule has 2 nitrogen and oxygen atoms in total. The molecular formula is C8H14NO. The molecule has 1 rings (SSSR count). The molecule has 0 atom stereocenters. The van der Waals surface area contributed by atoms with E-state index in [2.05, 4.69) is 6.42 Å². The highest BCUT2D eigenvalue weighted by Crippen LogP contribution is 2.10. The van der Waals surface area contributed by atoms with Crippen LogP contribution in [0.5, 0.6) is 0 Å². The van der Waals surface area contributed by atoms with Gasteiger partial charge in [0.05, 0.1) is 0 Å². The zero-order chi connectivity index (χ0) is 7.56. The van der Waals surface area contributed by atoms with Crippen molar-refractivity contribution >= 4 is 5.91 Å². The number of rotatable bonds is 1. The molecule has 10 heavy (non-hydrogen) atoms. The lowest BCUT2D eigenvalue weighted by atomic mass is 10.2. The standard InChI is InChI=1S/C8H14NO/c1-7(2)8(10)9-5-3-4-6-9/h3,7H,4-6H2,1-2H3. The summed E-state index contributed by atoms with van der Waals surface area (Å²) in [5.74, 6) is 0.445. The van der Waals surface area contributed by atoms with Crippen molar-refractivity contribution < 1.29 is 4.79 Å². The molecule has 0 saturated carbocycles. The van der Waals surface area contributed by atoms with Crippen molar-refractivity contribution in [2.75, 3.05) is 13.1 Å². The van der Waals surface area contributed by atoms with Crippen molar-refractivity contribution in [3.05, 3.63) is 6.42 Å². The Labute approximate surface area is 62.2 Å². The summed E-state index contributed by atoms with van der Waals surface area (Å²) >= 11 is 0. The third-order valence-electron chi connectivity index (χ3n) is 1.76. The molecule has 0 aromatic rings. The second-order valence-corrected chi connectivity index (χ2v) is 3.02. The molecule has 0 aromatic carbocycles. The van der Waals surface area contributed by atoms with E-state index >= 15 is 0 Å². The van der Waals surface area contributed by atoms with Crippen LogP contribution in [0.4, 0.5) is 0 Å². The Morgan fingerprint density at radius 1 is 1.60 bits per heavy atom. The predicted molar refractivity (Wildman–Crippen MR) is 40.3 cm³/mol. The van der Waals surface area contributed by atoms with Crippen molar-refractivity contribution in [3.63, 3.8) is 0 Å². The molecule has 57 valence electrons. The zero-order valence-corrected chi connectivity index (χ0v) is 6.63. The Bertz CT molecular complexity index is 125. The third-order valence-corrected chi connectivity index (χ3v) is 1.76. The highest BCUT2D eigenvalue weighted by Gasteiger charge is 2.19. The van der Waals surface area contributed by atoms with Gasteiger partial charge in [0.2, 0.25) is 5.91 Å². The maximum absolute atomic E-state index is 11.3. The molecule has 1 heterocycles. The summed E-state index contributed by atoms with van der Waals surface area (Å²) in [6.07, 6.45) is 3.22. The molecule has 1 saturated heterocycles. The largest absolute Gasteiger partial charge is 0.342 e. The smallest absolute Gasteiger partial charge is 0.225 e. The van der Waals surface area contributed by atoms with Gasteiger partial charge in [-0.3, -0.25) is 4.79 Å². The first kappa shape index (κ1) is 7.58. The van der Waals surface area contributed by atoms with Crippen LogP contribution in [-0.2, 0) is 4.79 Å². The second kappa shape index (κ2) is 3.04. The van der Waals surface area contributed by atoms with E-state index < -0.39 is 0 Å². The van der Waals surface area contributed by atoms with E-state index in [1.54, 1.807) is 0 Å². The van der Waals surface area contributed by atoms with Crippen LogP contribution < -0.4 is 0 Å². The fourth-order valence-electron chi connectivity index (χ4n) is 1.15. The summed E-state index contributed by atoms with van der Waals surface area (Å²) in [4.78, 5) is 13.2. The fraction of sp³-hybridized carbons (Fsp3) is 0.750. The topological polar surface area (TPSA) is 20.3 Å². The minimum atomic E-state index is 0.159. The van der Waals surface area contributed by atoms with E-state index in [1.807, 2.05) is 18.7 Å². The monoisotopic (exact) mass is 140 g/mol. The van der Waals surface area contributed by atoms with Gasteiger partial charge in [0.15, 0.2) is 0 Å². The molecule has 1 aliphatic heterocycles. The molecule has 1 radical (unpaired) electrons. The number of likely N-dealkylation sites (tertiary alicyclic amines) is 1. The minimum Gasteiger partial charge on any atom is -0.342 e. The highest BCUT2D eigenvalue weighted by molar-refractivity contribution is 5.78. The summed E-state index contributed by atoms with van der Waals surface area (Å²) in [5.41, 5.74) is 0. The van der Waals surface area contributed by atoms with Crippen molar-refractivity contribution in [2.24, 2.45) is 5.92 Å². The summed E-state index contributed by atoms with van der Waals surface area (Å²) in [5, 5.41) is 0. The average molecular weight is 140 g/mol. The Hall–Kier alpha value is -0.530. The molecule has 2 heteroatoms. The first-order valence-electron chi connectivity index (χ1n) is 3.82. The van der Waals surface area contributed by atoms with Gasteiger partial charge in [0.1, 0.15) is 0 Å². The zero-order valence-electron chi connectivity index (χ0n) is 6.63. The average Bonchev–Trinajstić information content (AvgIpc) is 2.36. The van der Waals surface area contributed by atoms with Crippen molar-refractivity contribution in [1.29, 1.82) is 0 Å². The maximum atomic E-state index is 11.3. The normalized spacial score (nSPS) is 18.5. The van der Waals surface area contributed by atoms with E-state index in [0.29, 0.717) is 0 Å². The lowest BCUT2D eigenvalue weighted by Gasteiger charge is -2.16. The van der Waals surface area contributed by atoms with Crippen LogP contribution in [0, 0.1) is 12.3 Å². The van der Waals surface area contributed by atoms with Crippen LogP contribution in [0.2, 0.25) is 0 Å². The van der Waals surface area contributed by atoms with Crippen LogP contribution in [0.3, 0.4) is 0 Å². The number of nitrogens with zero attached hydrogens (tertiary/aromatic N) is 1. The molecule has 0 N–H and O–H groups in total. The van der Waals surface area contributed by atoms with Crippen molar-refractivity contribution in [2.45, 2.75) is 20.3 Å². The second-order valence-electron chi connectivity index (χ2n) is 3.02. The van der Waals surface area contributed by atoms with Crippen LogP contribution in [0.1, 0.15) is 20.3 Å². The van der Waals surface area contributed by atoms with Gasteiger partial charge in [-0.2, -0.15) is 0 Å². The van der Waals surface area contributed by atoms with Crippen LogP contribution in [-0.4, -0.2) is 23.9 Å². The molecular weight excluding hydrogens is 126 g/mol. The number of carbonyl (C=O) groups excluding carboxylic acids is 1. The summed E-state index contributed by atoms with van der Waals surface area (Å²) in [6.45, 7) is 5.68. The lowest BCUT2D eigenvalue weighted by molar-refractivity contribution is -0.133. The van der Waals surface area contributed by atoms with Gasteiger partial charge in [-0.1, -0.05) is 13.8 Å². The van der Waals surface area contributed by atoms with Gasteiger partial charge < -0.3 is 4.90 Å². The van der Waals surface area contributed by atoms with E-state index in [-0.39, 0.29) is 11.8 Å². The molecule has 1 fully saturated rings. The maximum Gasteiger partial charge on any atom is 0.225 e. The number of amides is 1. The quantitative estimate of drug-likeness (QED) is 0.533. The molecule has 1 amide bonds. The van der Waals surface area contributed by atoms with Crippen molar-refractivity contribution in [1.82, 2.24) is 4.90 Å². The first-order valence-corrected chi connectivity index (χ1v) is 3.82. The van der Waals surface area contributed by atoms with Gasteiger partial charge in [0, 0.05) is 19.0 Å². The van der Waals surface area contributed by atoms with Crippen LogP contribution >= 0.6 is 0 Å². The summed E-state index contributed by atoms with van der Waals surface area (Å²) in [6, 6.07) is 0. The third kappa shape index (κ3) is 1.49. The van der Waals surface area contributed by atoms with Gasteiger partial charge in [-0.05, 0) is 12.8 Å². The number of hydrogen-bond donors (Lipinski definition) is 0. The van der Waals surface area contributed by atoms with E-state index in [1.165, 1.54) is 0 Å². The van der Waals surface area contributed by atoms with Crippen molar-refractivity contribution in [3.8, 4) is 0 Å². The van der Waals surface area contributed by atoms with Gasteiger partial charge in [0.25, 0.3) is 0 Å². The first-order chi connectivity index (χ1) is 4.72. The summed E-state index contributed by atoms with van der Waals surface area (Å²) in [7, 11) is 0.